The Bertz CT molecular complexity index is 1060. The van der Waals surface area contributed by atoms with Gasteiger partial charge in [-0.25, -0.2) is 4.98 Å². The maximum atomic E-state index is 12.7. The third-order valence-corrected chi connectivity index (χ3v) is 6.29. The zero-order valence-corrected chi connectivity index (χ0v) is 18.6. The van der Waals surface area contributed by atoms with Gasteiger partial charge in [0.15, 0.2) is 0 Å². The van der Waals surface area contributed by atoms with Crippen molar-refractivity contribution in [2.75, 3.05) is 43.9 Å². The van der Waals surface area contributed by atoms with Gasteiger partial charge in [-0.1, -0.05) is 6.42 Å². The molecule has 0 bridgehead atoms. The number of aromatic nitrogens is 2. The Morgan fingerprint density at radius 1 is 1.15 bits per heavy atom. The van der Waals surface area contributed by atoms with Crippen molar-refractivity contribution in [3.8, 4) is 6.07 Å². The number of likely N-dealkylation sites (N-methyl/N-ethyl adjacent to an activating group) is 1. The summed E-state index contributed by atoms with van der Waals surface area (Å²) in [4.78, 5) is 37.2. The lowest BCUT2D eigenvalue weighted by atomic mass is 10.0. The predicted octanol–water partition coefficient (Wildman–Crippen LogP) is 1.55. The molecule has 0 spiro atoms. The fraction of sp³-hybridized carbons (Fsp3) is 0.435. The molecule has 2 amide bonds. The summed E-state index contributed by atoms with van der Waals surface area (Å²) in [7, 11) is 2.05. The van der Waals surface area contributed by atoms with Gasteiger partial charge >= 0.3 is 0 Å². The number of rotatable bonds is 6. The second kappa shape index (κ2) is 9.83. The molecule has 4 N–H and O–H groups in total. The topological polar surface area (TPSA) is 140 Å². The van der Waals surface area contributed by atoms with E-state index in [9.17, 15) is 14.9 Å². The average molecular weight is 449 g/mol. The van der Waals surface area contributed by atoms with Crippen molar-refractivity contribution >= 4 is 29.3 Å². The monoisotopic (exact) mass is 448 g/mol. The van der Waals surface area contributed by atoms with Crippen molar-refractivity contribution in [3.05, 3.63) is 41.6 Å². The lowest BCUT2D eigenvalue weighted by Crippen LogP contribution is -2.47. The minimum absolute atomic E-state index is 0.0244. The number of carbonyl (C=O) groups is 2. The third kappa shape index (κ3) is 5.21. The van der Waals surface area contributed by atoms with Crippen LogP contribution in [-0.2, 0) is 4.79 Å². The molecule has 2 atom stereocenters. The molecule has 10 heteroatoms. The number of benzene rings is 1. The van der Waals surface area contributed by atoms with E-state index in [0.29, 0.717) is 22.9 Å². The van der Waals surface area contributed by atoms with Crippen LogP contribution in [0.25, 0.3) is 0 Å². The summed E-state index contributed by atoms with van der Waals surface area (Å²) in [6.45, 7) is 3.20. The Labute approximate surface area is 192 Å². The first-order valence-corrected chi connectivity index (χ1v) is 11.1. The van der Waals surface area contributed by atoms with Gasteiger partial charge in [-0.05, 0) is 44.2 Å². The first-order chi connectivity index (χ1) is 15.9. The quantitative estimate of drug-likeness (QED) is 0.605. The predicted molar refractivity (Wildman–Crippen MR) is 124 cm³/mol. The molecule has 1 aliphatic carbocycles. The van der Waals surface area contributed by atoms with E-state index in [1.807, 2.05) is 4.90 Å². The molecule has 172 valence electrons. The van der Waals surface area contributed by atoms with Crippen molar-refractivity contribution in [2.45, 2.75) is 25.3 Å². The van der Waals surface area contributed by atoms with E-state index >= 15 is 0 Å². The van der Waals surface area contributed by atoms with Gasteiger partial charge in [-0.3, -0.25) is 9.59 Å². The van der Waals surface area contributed by atoms with Gasteiger partial charge in [0.2, 0.25) is 11.9 Å². The van der Waals surface area contributed by atoms with Crippen LogP contribution in [0.15, 0.2) is 30.5 Å². The Morgan fingerprint density at radius 3 is 2.55 bits per heavy atom. The standard InChI is InChI=1S/C23H28N8O2/c1-30-9-11-31(12-10-30)22(33)15-5-7-17(8-6-15)27-23-26-14-16(13-24)21(29-23)28-19-4-2-3-18(19)20(25)32/h5-8,14,18-19H,2-4,9-12H2,1H3,(H2,25,32)(H2,26,27,28,29). The molecule has 1 saturated carbocycles. The molecule has 2 unspecified atom stereocenters. The molecule has 2 aliphatic rings. The first-order valence-electron chi connectivity index (χ1n) is 11.1. The van der Waals surface area contributed by atoms with Gasteiger partial charge in [0.05, 0.1) is 12.1 Å². The van der Waals surface area contributed by atoms with Gasteiger partial charge < -0.3 is 26.2 Å². The Hall–Kier alpha value is -3.71. The second-order valence-electron chi connectivity index (χ2n) is 8.56. The van der Waals surface area contributed by atoms with E-state index in [4.69, 9.17) is 5.73 Å². The van der Waals surface area contributed by atoms with Gasteiger partial charge in [0, 0.05) is 43.5 Å². The highest BCUT2D eigenvalue weighted by molar-refractivity contribution is 5.94. The van der Waals surface area contributed by atoms with Crippen molar-refractivity contribution < 1.29 is 9.59 Å². The van der Waals surface area contributed by atoms with Crippen LogP contribution in [0.2, 0.25) is 0 Å². The number of hydrogen-bond donors (Lipinski definition) is 3. The van der Waals surface area contributed by atoms with Crippen LogP contribution >= 0.6 is 0 Å². The summed E-state index contributed by atoms with van der Waals surface area (Å²) in [6, 6.07) is 9.09. The Kier molecular flexibility index (Phi) is 6.70. The molecule has 2 aromatic rings. The van der Waals surface area contributed by atoms with Crippen molar-refractivity contribution in [1.82, 2.24) is 19.8 Å². The number of primary amides is 1. The normalized spacial score (nSPS) is 20.8. The lowest BCUT2D eigenvalue weighted by Gasteiger charge is -2.32. The molecule has 4 rings (SSSR count). The SMILES string of the molecule is CN1CCN(C(=O)c2ccc(Nc3ncc(C#N)c(NC4CCCC4C(N)=O)n3)cc2)CC1. The number of nitrogens with zero attached hydrogens (tertiary/aromatic N) is 5. The average Bonchev–Trinajstić information content (AvgIpc) is 3.28. The van der Waals surface area contributed by atoms with Crippen molar-refractivity contribution in [3.63, 3.8) is 0 Å². The fourth-order valence-electron chi connectivity index (χ4n) is 4.30. The molecular formula is C23H28N8O2. The van der Waals surface area contributed by atoms with Crippen LogP contribution in [0, 0.1) is 17.2 Å². The highest BCUT2D eigenvalue weighted by Crippen LogP contribution is 2.29. The third-order valence-electron chi connectivity index (χ3n) is 6.29. The number of nitrogens with one attached hydrogen (secondary N) is 2. The molecule has 1 saturated heterocycles. The number of hydrogen-bond acceptors (Lipinski definition) is 8. The smallest absolute Gasteiger partial charge is 0.253 e. The van der Waals surface area contributed by atoms with E-state index < -0.39 is 0 Å². The molecule has 2 fully saturated rings. The number of nitrogens with two attached hydrogens (primary N) is 1. The highest BCUT2D eigenvalue weighted by atomic mass is 16.2. The van der Waals surface area contributed by atoms with Crippen LogP contribution < -0.4 is 16.4 Å². The number of piperazine rings is 1. The zero-order valence-electron chi connectivity index (χ0n) is 18.6. The maximum absolute atomic E-state index is 12.7. The van der Waals surface area contributed by atoms with E-state index in [1.54, 1.807) is 24.3 Å². The van der Waals surface area contributed by atoms with E-state index in [-0.39, 0.29) is 23.8 Å². The van der Waals surface area contributed by atoms with Crippen LogP contribution in [0.1, 0.15) is 35.2 Å². The summed E-state index contributed by atoms with van der Waals surface area (Å²) in [6.07, 6.45) is 3.85. The van der Waals surface area contributed by atoms with Crippen molar-refractivity contribution in [1.29, 1.82) is 5.26 Å². The molecule has 10 nitrogen and oxygen atoms in total. The second-order valence-corrected chi connectivity index (χ2v) is 8.56. The van der Waals surface area contributed by atoms with Gasteiger partial charge in [-0.2, -0.15) is 10.2 Å². The molecule has 0 radical (unpaired) electrons. The molecule has 33 heavy (non-hydrogen) atoms. The summed E-state index contributed by atoms with van der Waals surface area (Å²) in [5.74, 6) is 0.0741. The van der Waals surface area contributed by atoms with Gasteiger partial charge in [0.25, 0.3) is 5.91 Å². The van der Waals surface area contributed by atoms with E-state index in [2.05, 4.69) is 38.6 Å². The molecule has 1 aromatic carbocycles. The first kappa shape index (κ1) is 22.5. The summed E-state index contributed by atoms with van der Waals surface area (Å²) in [5, 5.41) is 15.8. The Balaban J connectivity index is 1.44. The van der Waals surface area contributed by atoms with Gasteiger partial charge in [0.1, 0.15) is 17.5 Å². The molecule has 1 aromatic heterocycles. The fourth-order valence-corrected chi connectivity index (χ4v) is 4.30. The van der Waals surface area contributed by atoms with Crippen molar-refractivity contribution in [2.24, 2.45) is 11.7 Å². The minimum Gasteiger partial charge on any atom is -0.369 e. The lowest BCUT2D eigenvalue weighted by molar-refractivity contribution is -0.121. The maximum Gasteiger partial charge on any atom is 0.253 e. The number of amides is 2. The highest BCUT2D eigenvalue weighted by Gasteiger charge is 2.32. The molecule has 2 heterocycles. The van der Waals surface area contributed by atoms with E-state index in [1.165, 1.54) is 6.20 Å². The molecule has 1 aliphatic heterocycles. The minimum atomic E-state index is -0.345. The van der Waals surface area contributed by atoms with Crippen LogP contribution in [0.4, 0.5) is 17.5 Å². The van der Waals surface area contributed by atoms with E-state index in [0.717, 1.165) is 51.1 Å². The number of nitriles is 1. The Morgan fingerprint density at radius 2 is 1.88 bits per heavy atom. The van der Waals surface area contributed by atoms with Crippen LogP contribution in [0.5, 0.6) is 0 Å². The van der Waals surface area contributed by atoms with Crippen LogP contribution in [0.3, 0.4) is 0 Å². The summed E-state index contributed by atoms with van der Waals surface area (Å²) in [5.41, 5.74) is 7.16. The summed E-state index contributed by atoms with van der Waals surface area (Å²) < 4.78 is 0. The summed E-state index contributed by atoms with van der Waals surface area (Å²) >= 11 is 0. The molecular weight excluding hydrogens is 420 g/mol. The van der Waals surface area contributed by atoms with Gasteiger partial charge in [-0.15, -0.1) is 0 Å². The zero-order chi connectivity index (χ0) is 23.4. The van der Waals surface area contributed by atoms with Crippen LogP contribution in [-0.4, -0.2) is 70.9 Å². The largest absolute Gasteiger partial charge is 0.369 e. The number of anilines is 3. The number of carbonyl (C=O) groups excluding carboxylic acids is 2.